The number of amides is 1. The summed E-state index contributed by atoms with van der Waals surface area (Å²) in [4.78, 5) is 25.9. The number of benzene rings is 1. The molecule has 1 aromatic carbocycles. The number of carboxylic acid groups (broad SMARTS) is 1. The molecule has 0 saturated carbocycles. The standard InChI is InChI=1S/C13H15NO3S/c1-18-11-7-3-2-5-9(11)12(15)14-8-4-6-10(14)13(16)17/h2-3,5,7,10H,4,6,8H2,1H3,(H,16,17)/t10-/m0/s1. The molecule has 1 N–H and O–H groups in total. The average molecular weight is 265 g/mol. The number of nitrogens with zero attached hydrogens (tertiary/aromatic N) is 1. The van der Waals surface area contributed by atoms with Crippen LogP contribution in [0, 0.1) is 0 Å². The van der Waals surface area contributed by atoms with Crippen molar-refractivity contribution in [1.82, 2.24) is 4.90 Å². The quantitative estimate of drug-likeness (QED) is 0.850. The summed E-state index contributed by atoms with van der Waals surface area (Å²) in [5.41, 5.74) is 0.596. The van der Waals surface area contributed by atoms with Crippen molar-refractivity contribution in [2.24, 2.45) is 0 Å². The van der Waals surface area contributed by atoms with E-state index in [4.69, 9.17) is 5.11 Å². The highest BCUT2D eigenvalue weighted by Crippen LogP contribution is 2.25. The van der Waals surface area contributed by atoms with E-state index in [2.05, 4.69) is 0 Å². The predicted octanol–water partition coefficient (Wildman–Crippen LogP) is 2.10. The van der Waals surface area contributed by atoms with E-state index in [0.29, 0.717) is 18.5 Å². The van der Waals surface area contributed by atoms with E-state index in [1.165, 1.54) is 16.7 Å². The van der Waals surface area contributed by atoms with Crippen LogP contribution in [0.4, 0.5) is 0 Å². The van der Waals surface area contributed by atoms with Crippen LogP contribution in [0.1, 0.15) is 23.2 Å². The fraction of sp³-hybridized carbons (Fsp3) is 0.385. The van der Waals surface area contributed by atoms with E-state index < -0.39 is 12.0 Å². The summed E-state index contributed by atoms with van der Waals surface area (Å²) in [5, 5.41) is 9.11. The van der Waals surface area contributed by atoms with Crippen LogP contribution in [-0.2, 0) is 4.79 Å². The Bertz CT molecular complexity index is 475. The number of carbonyl (C=O) groups excluding carboxylic acids is 1. The Morgan fingerprint density at radius 3 is 2.78 bits per heavy atom. The van der Waals surface area contributed by atoms with Gasteiger partial charge < -0.3 is 10.0 Å². The van der Waals surface area contributed by atoms with Crippen molar-refractivity contribution in [2.45, 2.75) is 23.8 Å². The molecule has 1 heterocycles. The molecule has 0 aliphatic carbocycles. The smallest absolute Gasteiger partial charge is 0.326 e. The number of hydrogen-bond acceptors (Lipinski definition) is 3. The third kappa shape index (κ3) is 2.36. The molecule has 0 unspecified atom stereocenters. The lowest BCUT2D eigenvalue weighted by atomic mass is 10.1. The van der Waals surface area contributed by atoms with Crippen molar-refractivity contribution in [3.8, 4) is 0 Å². The number of hydrogen-bond donors (Lipinski definition) is 1. The highest BCUT2D eigenvalue weighted by Gasteiger charge is 2.34. The van der Waals surface area contributed by atoms with Crippen LogP contribution >= 0.6 is 11.8 Å². The molecule has 1 aliphatic heterocycles. The van der Waals surface area contributed by atoms with Gasteiger partial charge in [0.05, 0.1) is 5.56 Å². The number of aliphatic carboxylic acids is 1. The van der Waals surface area contributed by atoms with Crippen molar-refractivity contribution in [3.63, 3.8) is 0 Å². The van der Waals surface area contributed by atoms with Crippen LogP contribution in [-0.4, -0.2) is 40.7 Å². The molecule has 2 rings (SSSR count). The van der Waals surface area contributed by atoms with E-state index in [9.17, 15) is 9.59 Å². The molecule has 1 aliphatic rings. The van der Waals surface area contributed by atoms with Gasteiger partial charge in [-0.3, -0.25) is 4.79 Å². The topological polar surface area (TPSA) is 57.6 Å². The lowest BCUT2D eigenvalue weighted by Gasteiger charge is -2.22. The van der Waals surface area contributed by atoms with Crippen molar-refractivity contribution >= 4 is 23.6 Å². The highest BCUT2D eigenvalue weighted by atomic mass is 32.2. The highest BCUT2D eigenvalue weighted by molar-refractivity contribution is 7.98. The molecule has 1 saturated heterocycles. The molecule has 1 amide bonds. The number of thioether (sulfide) groups is 1. The van der Waals surface area contributed by atoms with Gasteiger partial charge in [-0.05, 0) is 31.2 Å². The van der Waals surface area contributed by atoms with Crippen LogP contribution in [0.15, 0.2) is 29.2 Å². The summed E-state index contributed by atoms with van der Waals surface area (Å²) in [6.07, 6.45) is 3.21. The Balaban J connectivity index is 2.28. The van der Waals surface area contributed by atoms with Gasteiger partial charge in [0, 0.05) is 11.4 Å². The number of carbonyl (C=O) groups is 2. The number of likely N-dealkylation sites (tertiary alicyclic amines) is 1. The first-order chi connectivity index (χ1) is 8.65. The maximum Gasteiger partial charge on any atom is 0.326 e. The summed E-state index contributed by atoms with van der Waals surface area (Å²) in [7, 11) is 0. The van der Waals surface area contributed by atoms with Crippen LogP contribution in [0.25, 0.3) is 0 Å². The molecule has 5 heteroatoms. The monoisotopic (exact) mass is 265 g/mol. The minimum Gasteiger partial charge on any atom is -0.480 e. The summed E-state index contributed by atoms with van der Waals surface area (Å²) in [6.45, 7) is 0.526. The van der Waals surface area contributed by atoms with E-state index in [1.807, 2.05) is 18.4 Å². The zero-order chi connectivity index (χ0) is 13.1. The maximum atomic E-state index is 12.4. The van der Waals surface area contributed by atoms with Gasteiger partial charge in [-0.1, -0.05) is 12.1 Å². The third-order valence-electron chi connectivity index (χ3n) is 3.14. The molecule has 0 bridgehead atoms. The van der Waals surface area contributed by atoms with Gasteiger partial charge >= 0.3 is 5.97 Å². The summed E-state index contributed by atoms with van der Waals surface area (Å²) in [6, 6.07) is 6.64. The SMILES string of the molecule is CSc1ccccc1C(=O)N1CCC[C@H]1C(=O)O. The first-order valence-electron chi connectivity index (χ1n) is 5.82. The van der Waals surface area contributed by atoms with Crippen molar-refractivity contribution in [1.29, 1.82) is 0 Å². The molecule has 4 nitrogen and oxygen atoms in total. The molecular formula is C13H15NO3S. The normalized spacial score (nSPS) is 18.9. The van der Waals surface area contributed by atoms with Gasteiger partial charge in [0.2, 0.25) is 0 Å². The Labute approximate surface area is 110 Å². The number of rotatable bonds is 3. The van der Waals surface area contributed by atoms with Gasteiger partial charge in [0.15, 0.2) is 0 Å². The molecular weight excluding hydrogens is 250 g/mol. The Morgan fingerprint density at radius 1 is 1.39 bits per heavy atom. The summed E-state index contributed by atoms with van der Waals surface area (Å²) >= 11 is 1.50. The fourth-order valence-corrected chi connectivity index (χ4v) is 2.83. The van der Waals surface area contributed by atoms with Crippen molar-refractivity contribution < 1.29 is 14.7 Å². The predicted molar refractivity (Wildman–Crippen MR) is 69.9 cm³/mol. The average Bonchev–Trinajstić information content (AvgIpc) is 2.87. The van der Waals surface area contributed by atoms with E-state index in [1.54, 1.807) is 12.1 Å². The van der Waals surface area contributed by atoms with Gasteiger partial charge in [-0.2, -0.15) is 0 Å². The zero-order valence-electron chi connectivity index (χ0n) is 10.1. The lowest BCUT2D eigenvalue weighted by Crippen LogP contribution is -2.40. The maximum absolute atomic E-state index is 12.4. The number of carboxylic acids is 1. The lowest BCUT2D eigenvalue weighted by molar-refractivity contribution is -0.141. The van der Waals surface area contributed by atoms with Gasteiger partial charge in [-0.15, -0.1) is 11.8 Å². The van der Waals surface area contributed by atoms with Crippen LogP contribution in [0.3, 0.4) is 0 Å². The van der Waals surface area contributed by atoms with Crippen LogP contribution in [0.2, 0.25) is 0 Å². The first kappa shape index (κ1) is 13.0. The summed E-state index contributed by atoms with van der Waals surface area (Å²) in [5.74, 6) is -1.09. The molecule has 0 radical (unpaired) electrons. The Morgan fingerprint density at radius 2 is 2.11 bits per heavy atom. The van der Waals surface area contributed by atoms with Crippen LogP contribution < -0.4 is 0 Å². The molecule has 0 aromatic heterocycles. The van der Waals surface area contributed by atoms with Crippen molar-refractivity contribution in [3.05, 3.63) is 29.8 Å². The van der Waals surface area contributed by atoms with Gasteiger partial charge in [0.1, 0.15) is 6.04 Å². The second-order valence-corrected chi connectivity index (χ2v) is 5.04. The molecule has 0 spiro atoms. The van der Waals surface area contributed by atoms with Crippen molar-refractivity contribution in [2.75, 3.05) is 12.8 Å². The van der Waals surface area contributed by atoms with Gasteiger partial charge in [-0.25, -0.2) is 4.79 Å². The van der Waals surface area contributed by atoms with E-state index in [-0.39, 0.29) is 5.91 Å². The largest absolute Gasteiger partial charge is 0.480 e. The molecule has 18 heavy (non-hydrogen) atoms. The second-order valence-electron chi connectivity index (χ2n) is 4.20. The molecule has 1 fully saturated rings. The third-order valence-corrected chi connectivity index (χ3v) is 3.93. The Kier molecular flexibility index (Phi) is 3.91. The second kappa shape index (κ2) is 5.44. The first-order valence-corrected chi connectivity index (χ1v) is 7.04. The molecule has 96 valence electrons. The van der Waals surface area contributed by atoms with E-state index in [0.717, 1.165) is 11.3 Å². The van der Waals surface area contributed by atoms with E-state index >= 15 is 0 Å². The van der Waals surface area contributed by atoms with Crippen LogP contribution in [0.5, 0.6) is 0 Å². The van der Waals surface area contributed by atoms with Gasteiger partial charge in [0.25, 0.3) is 5.91 Å². The minimum atomic E-state index is -0.914. The zero-order valence-corrected chi connectivity index (χ0v) is 10.9. The minimum absolute atomic E-state index is 0.176. The Hall–Kier alpha value is -1.49. The fourth-order valence-electron chi connectivity index (χ4n) is 2.24. The molecule has 1 atom stereocenters. The molecule has 1 aromatic rings. The summed E-state index contributed by atoms with van der Waals surface area (Å²) < 4.78 is 0.